The predicted octanol–water partition coefficient (Wildman–Crippen LogP) is 5.36. The molecule has 2 nitrogen and oxygen atoms in total. The average Bonchev–Trinajstić information content (AvgIpc) is 2.41. The van der Waals surface area contributed by atoms with Gasteiger partial charge in [-0.25, -0.2) is 4.79 Å². The van der Waals surface area contributed by atoms with Crippen LogP contribution in [-0.2, 0) is 9.53 Å². The summed E-state index contributed by atoms with van der Waals surface area (Å²) in [5, 5.41) is 0. The maximum Gasteiger partial charge on any atom is 0.333 e. The number of ether oxygens (including phenoxy) is 1. The van der Waals surface area contributed by atoms with Crippen molar-refractivity contribution in [2.24, 2.45) is 5.41 Å². The molecule has 0 fully saturated rings. The first-order valence-corrected chi connectivity index (χ1v) is 7.91. The van der Waals surface area contributed by atoms with E-state index in [4.69, 9.17) is 4.74 Å². The Morgan fingerprint density at radius 3 is 2.48 bits per heavy atom. The van der Waals surface area contributed by atoms with E-state index >= 15 is 0 Å². The molecular weight excluding hydrogens is 260 g/mol. The van der Waals surface area contributed by atoms with Crippen LogP contribution in [0.15, 0.2) is 34.4 Å². The van der Waals surface area contributed by atoms with Crippen LogP contribution in [0.1, 0.15) is 67.7 Å². The van der Waals surface area contributed by atoms with E-state index < -0.39 is 0 Å². The van der Waals surface area contributed by atoms with Crippen molar-refractivity contribution in [3.63, 3.8) is 0 Å². The second-order valence-corrected chi connectivity index (χ2v) is 6.84. The molecule has 0 radical (unpaired) electrons. The third-order valence-corrected chi connectivity index (χ3v) is 4.59. The highest BCUT2D eigenvalue weighted by molar-refractivity contribution is 5.87. The quantitative estimate of drug-likeness (QED) is 0.515. The first-order chi connectivity index (χ1) is 9.69. The molecular formula is C19H30O2. The Morgan fingerprint density at radius 2 is 1.95 bits per heavy atom. The van der Waals surface area contributed by atoms with Gasteiger partial charge in [0.15, 0.2) is 0 Å². The van der Waals surface area contributed by atoms with Gasteiger partial charge in [0.05, 0.1) is 0 Å². The maximum atomic E-state index is 11.8. The lowest BCUT2D eigenvalue weighted by Gasteiger charge is -2.33. The van der Waals surface area contributed by atoms with Gasteiger partial charge in [-0.2, -0.15) is 0 Å². The average molecular weight is 290 g/mol. The number of carbonyl (C=O) groups is 1. The van der Waals surface area contributed by atoms with Crippen molar-refractivity contribution in [3.05, 3.63) is 34.4 Å². The molecule has 2 heteroatoms. The Morgan fingerprint density at radius 1 is 1.33 bits per heavy atom. The lowest BCUT2D eigenvalue weighted by Crippen LogP contribution is -2.21. The van der Waals surface area contributed by atoms with Crippen molar-refractivity contribution >= 4 is 5.97 Å². The van der Waals surface area contributed by atoms with Gasteiger partial charge in [-0.05, 0) is 70.4 Å². The van der Waals surface area contributed by atoms with E-state index in [0.717, 1.165) is 5.57 Å². The Hall–Kier alpha value is -1.31. The summed E-state index contributed by atoms with van der Waals surface area (Å²) in [6.45, 7) is 14.4. The Balaban J connectivity index is 2.91. The highest BCUT2D eigenvalue weighted by Crippen LogP contribution is 2.41. The molecule has 0 saturated carbocycles. The molecule has 0 saturated heterocycles. The van der Waals surface area contributed by atoms with Crippen LogP contribution in [0.3, 0.4) is 0 Å². The summed E-state index contributed by atoms with van der Waals surface area (Å²) in [5.41, 5.74) is 4.86. The SMILES string of the molecule is C/C=C(/C)C(=O)OC(C)/C(C)=C/C1=C(C)CCCC1(C)C. The van der Waals surface area contributed by atoms with Crippen molar-refractivity contribution in [1.29, 1.82) is 0 Å². The lowest BCUT2D eigenvalue weighted by molar-refractivity contribution is -0.141. The van der Waals surface area contributed by atoms with Crippen molar-refractivity contribution in [1.82, 2.24) is 0 Å². The van der Waals surface area contributed by atoms with Gasteiger partial charge in [-0.3, -0.25) is 0 Å². The number of carbonyl (C=O) groups excluding carboxylic acids is 1. The van der Waals surface area contributed by atoms with Crippen molar-refractivity contribution in [3.8, 4) is 0 Å². The molecule has 1 rings (SSSR count). The van der Waals surface area contributed by atoms with E-state index in [0.29, 0.717) is 5.57 Å². The van der Waals surface area contributed by atoms with Gasteiger partial charge in [0.2, 0.25) is 0 Å². The van der Waals surface area contributed by atoms with Gasteiger partial charge >= 0.3 is 5.97 Å². The Bertz CT molecular complexity index is 490. The molecule has 0 aromatic rings. The zero-order valence-electron chi connectivity index (χ0n) is 14.7. The van der Waals surface area contributed by atoms with E-state index in [1.807, 2.05) is 20.8 Å². The van der Waals surface area contributed by atoms with E-state index in [-0.39, 0.29) is 17.5 Å². The minimum atomic E-state index is -0.230. The molecule has 1 aliphatic rings. The van der Waals surface area contributed by atoms with Gasteiger partial charge in [0, 0.05) is 5.57 Å². The van der Waals surface area contributed by atoms with Gasteiger partial charge in [-0.15, -0.1) is 0 Å². The lowest BCUT2D eigenvalue weighted by atomic mass is 9.72. The standard InChI is InChI=1S/C19H30O2/c1-8-13(2)18(20)21-16(5)15(4)12-17-14(3)10-9-11-19(17,6)7/h8,12,16H,9-11H2,1-7H3/b13-8-,15-12+. The van der Waals surface area contributed by atoms with Crippen LogP contribution in [0.25, 0.3) is 0 Å². The largest absolute Gasteiger partial charge is 0.455 e. The van der Waals surface area contributed by atoms with Crippen LogP contribution in [-0.4, -0.2) is 12.1 Å². The molecule has 0 aliphatic heterocycles. The third-order valence-electron chi connectivity index (χ3n) is 4.59. The van der Waals surface area contributed by atoms with Crippen LogP contribution >= 0.6 is 0 Å². The highest BCUT2D eigenvalue weighted by Gasteiger charge is 2.27. The van der Waals surface area contributed by atoms with Gasteiger partial charge in [0.1, 0.15) is 6.10 Å². The Kier molecular flexibility index (Phi) is 6.00. The molecule has 0 aromatic carbocycles. The molecule has 0 heterocycles. The summed E-state index contributed by atoms with van der Waals surface area (Å²) in [7, 11) is 0. The highest BCUT2D eigenvalue weighted by atomic mass is 16.5. The summed E-state index contributed by atoms with van der Waals surface area (Å²) in [4.78, 5) is 11.8. The summed E-state index contributed by atoms with van der Waals surface area (Å²) in [5.74, 6) is -0.230. The topological polar surface area (TPSA) is 26.3 Å². The first-order valence-electron chi connectivity index (χ1n) is 7.91. The third kappa shape index (κ3) is 4.59. The molecule has 0 N–H and O–H groups in total. The van der Waals surface area contributed by atoms with Crippen molar-refractivity contribution in [2.45, 2.75) is 73.8 Å². The van der Waals surface area contributed by atoms with Crippen molar-refractivity contribution in [2.75, 3.05) is 0 Å². The molecule has 1 unspecified atom stereocenters. The van der Waals surface area contributed by atoms with E-state index in [1.54, 1.807) is 13.0 Å². The van der Waals surface area contributed by atoms with E-state index in [2.05, 4.69) is 26.8 Å². The number of rotatable bonds is 4. The van der Waals surface area contributed by atoms with Gasteiger partial charge in [-0.1, -0.05) is 31.6 Å². The molecule has 0 amide bonds. The molecule has 1 atom stereocenters. The maximum absolute atomic E-state index is 11.8. The molecule has 0 bridgehead atoms. The molecule has 1 aliphatic carbocycles. The summed E-state index contributed by atoms with van der Waals surface area (Å²) >= 11 is 0. The van der Waals surface area contributed by atoms with Crippen LogP contribution in [0.4, 0.5) is 0 Å². The van der Waals surface area contributed by atoms with Gasteiger partial charge in [0.25, 0.3) is 0 Å². The molecule has 21 heavy (non-hydrogen) atoms. The fraction of sp³-hybridized carbons (Fsp3) is 0.632. The van der Waals surface area contributed by atoms with Crippen LogP contribution < -0.4 is 0 Å². The predicted molar refractivity (Wildman–Crippen MR) is 89.1 cm³/mol. The van der Waals surface area contributed by atoms with Crippen LogP contribution in [0.2, 0.25) is 0 Å². The Labute approximate surface area is 130 Å². The number of esters is 1. The van der Waals surface area contributed by atoms with E-state index in [1.165, 1.54) is 30.4 Å². The number of hydrogen-bond acceptors (Lipinski definition) is 2. The van der Waals surface area contributed by atoms with Crippen LogP contribution in [0, 0.1) is 5.41 Å². The monoisotopic (exact) mass is 290 g/mol. The smallest absolute Gasteiger partial charge is 0.333 e. The number of allylic oxidation sites excluding steroid dienone is 4. The zero-order valence-corrected chi connectivity index (χ0v) is 14.7. The fourth-order valence-corrected chi connectivity index (χ4v) is 2.77. The fourth-order valence-electron chi connectivity index (χ4n) is 2.77. The molecule has 0 spiro atoms. The normalized spacial score (nSPS) is 21.3. The molecule has 118 valence electrons. The van der Waals surface area contributed by atoms with E-state index in [9.17, 15) is 4.79 Å². The zero-order chi connectivity index (χ0) is 16.2. The minimum absolute atomic E-state index is 0.189. The van der Waals surface area contributed by atoms with Gasteiger partial charge < -0.3 is 4.74 Å². The van der Waals surface area contributed by atoms with Crippen LogP contribution in [0.5, 0.6) is 0 Å². The summed E-state index contributed by atoms with van der Waals surface area (Å²) in [6, 6.07) is 0. The summed E-state index contributed by atoms with van der Waals surface area (Å²) < 4.78 is 5.51. The second kappa shape index (κ2) is 7.11. The molecule has 0 aromatic heterocycles. The summed E-state index contributed by atoms with van der Waals surface area (Å²) in [6.07, 6.45) is 7.48. The second-order valence-electron chi connectivity index (χ2n) is 6.84. The minimum Gasteiger partial charge on any atom is -0.455 e. The number of hydrogen-bond donors (Lipinski definition) is 0. The van der Waals surface area contributed by atoms with Crippen molar-refractivity contribution < 1.29 is 9.53 Å². The first kappa shape index (κ1) is 17.7.